The van der Waals surface area contributed by atoms with Crippen LogP contribution in [0.25, 0.3) is 0 Å². The van der Waals surface area contributed by atoms with E-state index in [1.54, 1.807) is 18.2 Å². The molecule has 1 aliphatic rings. The minimum Gasteiger partial charge on any atom is -0.383 e. The zero-order valence-corrected chi connectivity index (χ0v) is 13.7. The smallest absolute Gasteiger partial charge is 0.256 e. The second-order valence-electron chi connectivity index (χ2n) is 5.89. The van der Waals surface area contributed by atoms with Crippen LogP contribution in [0.4, 0.5) is 4.39 Å². The van der Waals surface area contributed by atoms with Gasteiger partial charge < -0.3 is 14.2 Å². The number of likely N-dealkylation sites (tertiary alicyclic amines) is 1. The van der Waals surface area contributed by atoms with Gasteiger partial charge in [0.25, 0.3) is 5.91 Å². The van der Waals surface area contributed by atoms with Crippen molar-refractivity contribution in [2.24, 2.45) is 0 Å². The zero-order valence-electron chi connectivity index (χ0n) is 13.7. The Balaban J connectivity index is 1.63. The molecule has 6 nitrogen and oxygen atoms in total. The first-order valence-corrected chi connectivity index (χ1v) is 8.09. The summed E-state index contributed by atoms with van der Waals surface area (Å²) >= 11 is 0. The van der Waals surface area contributed by atoms with Crippen molar-refractivity contribution in [1.29, 1.82) is 0 Å². The normalized spacial score (nSPS) is 15.7. The monoisotopic (exact) mass is 332 g/mol. The van der Waals surface area contributed by atoms with Crippen molar-refractivity contribution in [2.75, 3.05) is 26.8 Å². The highest BCUT2D eigenvalue weighted by atomic mass is 19.1. The van der Waals surface area contributed by atoms with Crippen LogP contribution in [0.5, 0.6) is 0 Å². The molecule has 0 spiro atoms. The number of amides is 1. The molecule has 0 radical (unpaired) electrons. The van der Waals surface area contributed by atoms with E-state index in [4.69, 9.17) is 4.74 Å². The maximum Gasteiger partial charge on any atom is 0.256 e. The molecule has 0 aliphatic carbocycles. The third-order valence-electron chi connectivity index (χ3n) is 4.43. The van der Waals surface area contributed by atoms with Crippen LogP contribution in [0.3, 0.4) is 0 Å². The summed E-state index contributed by atoms with van der Waals surface area (Å²) in [6, 6.07) is 1.43. The standard InChI is InChI=1S/C17H21FN4O2/c1-24-11-10-21-9-6-20-16(21)13-3-7-22(8-4-13)17(23)14-2-5-19-12-15(14)18/h2,5-6,9,12-13H,3-4,7-8,10-11H2,1H3. The summed E-state index contributed by atoms with van der Waals surface area (Å²) in [5.74, 6) is 0.508. The number of nitrogens with zero attached hydrogens (tertiary/aromatic N) is 4. The molecule has 0 unspecified atom stereocenters. The second kappa shape index (κ2) is 7.53. The molecule has 0 atom stereocenters. The first kappa shape index (κ1) is 16.6. The highest BCUT2D eigenvalue weighted by Crippen LogP contribution is 2.27. The number of piperidine rings is 1. The molecule has 0 N–H and O–H groups in total. The van der Waals surface area contributed by atoms with Gasteiger partial charge in [-0.15, -0.1) is 0 Å². The SMILES string of the molecule is COCCn1ccnc1C1CCN(C(=O)c2ccncc2F)CC1. The van der Waals surface area contributed by atoms with Gasteiger partial charge in [0.1, 0.15) is 5.82 Å². The number of hydrogen-bond donors (Lipinski definition) is 0. The van der Waals surface area contributed by atoms with E-state index in [1.807, 2.05) is 6.20 Å². The fourth-order valence-corrected chi connectivity index (χ4v) is 3.12. The summed E-state index contributed by atoms with van der Waals surface area (Å²) in [4.78, 5) is 22.3. The van der Waals surface area contributed by atoms with Crippen molar-refractivity contribution < 1.29 is 13.9 Å². The summed E-state index contributed by atoms with van der Waals surface area (Å²) in [6.07, 6.45) is 7.92. The lowest BCUT2D eigenvalue weighted by Gasteiger charge is -2.32. The van der Waals surface area contributed by atoms with E-state index >= 15 is 0 Å². The van der Waals surface area contributed by atoms with Crippen LogP contribution in [0.2, 0.25) is 0 Å². The van der Waals surface area contributed by atoms with Crippen LogP contribution in [0, 0.1) is 5.82 Å². The molecule has 1 aliphatic heterocycles. The zero-order chi connectivity index (χ0) is 16.9. The first-order valence-electron chi connectivity index (χ1n) is 8.09. The van der Waals surface area contributed by atoms with E-state index in [9.17, 15) is 9.18 Å². The Hall–Kier alpha value is -2.28. The molecule has 1 saturated heterocycles. The molecular formula is C17H21FN4O2. The van der Waals surface area contributed by atoms with Gasteiger partial charge in [-0.25, -0.2) is 9.37 Å². The summed E-state index contributed by atoms with van der Waals surface area (Å²) in [5, 5.41) is 0. The summed E-state index contributed by atoms with van der Waals surface area (Å²) < 4.78 is 21.0. The minimum absolute atomic E-state index is 0.0880. The maximum absolute atomic E-state index is 13.7. The number of hydrogen-bond acceptors (Lipinski definition) is 4. The molecule has 3 rings (SSSR count). The highest BCUT2D eigenvalue weighted by Gasteiger charge is 2.28. The van der Waals surface area contributed by atoms with Gasteiger partial charge in [-0.2, -0.15) is 0 Å². The van der Waals surface area contributed by atoms with E-state index in [2.05, 4.69) is 14.5 Å². The molecular weight excluding hydrogens is 311 g/mol. The van der Waals surface area contributed by atoms with Crippen molar-refractivity contribution in [2.45, 2.75) is 25.3 Å². The fourth-order valence-electron chi connectivity index (χ4n) is 3.12. The Morgan fingerprint density at radius 2 is 2.17 bits per heavy atom. The van der Waals surface area contributed by atoms with Crippen LogP contribution in [-0.2, 0) is 11.3 Å². The predicted molar refractivity (Wildman–Crippen MR) is 86.2 cm³/mol. The number of carbonyl (C=O) groups is 1. The topological polar surface area (TPSA) is 60.2 Å². The third-order valence-corrected chi connectivity index (χ3v) is 4.43. The van der Waals surface area contributed by atoms with Crippen molar-refractivity contribution >= 4 is 5.91 Å². The quantitative estimate of drug-likeness (QED) is 0.841. The molecule has 128 valence electrons. The first-order chi connectivity index (χ1) is 11.7. The molecule has 24 heavy (non-hydrogen) atoms. The van der Waals surface area contributed by atoms with E-state index in [0.717, 1.165) is 31.4 Å². The summed E-state index contributed by atoms with van der Waals surface area (Å²) in [6.45, 7) is 2.61. The van der Waals surface area contributed by atoms with Gasteiger partial charge in [0, 0.05) is 51.3 Å². The lowest BCUT2D eigenvalue weighted by atomic mass is 9.95. The van der Waals surface area contributed by atoms with Crippen molar-refractivity contribution in [3.63, 3.8) is 0 Å². The lowest BCUT2D eigenvalue weighted by Crippen LogP contribution is -2.38. The van der Waals surface area contributed by atoms with Gasteiger partial charge in [0.15, 0.2) is 5.82 Å². The molecule has 2 aromatic rings. The van der Waals surface area contributed by atoms with Gasteiger partial charge in [0.2, 0.25) is 0 Å². The van der Waals surface area contributed by atoms with Gasteiger partial charge >= 0.3 is 0 Å². The van der Waals surface area contributed by atoms with Crippen molar-refractivity contribution in [3.8, 4) is 0 Å². The molecule has 1 fully saturated rings. The van der Waals surface area contributed by atoms with Gasteiger partial charge in [-0.3, -0.25) is 9.78 Å². The van der Waals surface area contributed by atoms with Crippen molar-refractivity contribution in [1.82, 2.24) is 19.4 Å². The Bertz CT molecular complexity index is 695. The molecule has 0 saturated carbocycles. The average Bonchev–Trinajstić information content (AvgIpc) is 3.08. The number of pyridine rings is 1. The summed E-state index contributed by atoms with van der Waals surface area (Å²) in [5.41, 5.74) is 0.0880. The Morgan fingerprint density at radius 3 is 2.88 bits per heavy atom. The summed E-state index contributed by atoms with van der Waals surface area (Å²) in [7, 11) is 1.68. The van der Waals surface area contributed by atoms with E-state index in [0.29, 0.717) is 25.6 Å². The van der Waals surface area contributed by atoms with Crippen LogP contribution in [0.1, 0.15) is 34.9 Å². The van der Waals surface area contributed by atoms with E-state index in [-0.39, 0.29) is 11.5 Å². The average molecular weight is 332 g/mol. The van der Waals surface area contributed by atoms with Crippen molar-refractivity contribution in [3.05, 3.63) is 48.1 Å². The number of imidazole rings is 1. The Labute approximate surface area is 140 Å². The van der Waals surface area contributed by atoms with E-state index < -0.39 is 5.82 Å². The number of ether oxygens (including phenoxy) is 1. The Kier molecular flexibility index (Phi) is 5.20. The molecule has 0 bridgehead atoms. The van der Waals surface area contributed by atoms with Crippen LogP contribution < -0.4 is 0 Å². The van der Waals surface area contributed by atoms with Gasteiger partial charge in [0.05, 0.1) is 18.4 Å². The number of methoxy groups -OCH3 is 1. The number of aromatic nitrogens is 3. The Morgan fingerprint density at radius 1 is 1.38 bits per heavy atom. The van der Waals surface area contributed by atoms with Gasteiger partial charge in [-0.05, 0) is 18.9 Å². The molecule has 0 aromatic carbocycles. The molecule has 1 amide bonds. The minimum atomic E-state index is -0.570. The predicted octanol–water partition coefficient (Wildman–Crippen LogP) is 2.08. The lowest BCUT2D eigenvalue weighted by molar-refractivity contribution is 0.0705. The van der Waals surface area contributed by atoms with E-state index in [1.165, 1.54) is 12.3 Å². The number of carbonyl (C=O) groups excluding carboxylic acids is 1. The molecule has 7 heteroatoms. The molecule has 3 heterocycles. The van der Waals surface area contributed by atoms with Crippen LogP contribution >= 0.6 is 0 Å². The molecule has 2 aromatic heterocycles. The highest BCUT2D eigenvalue weighted by molar-refractivity contribution is 5.94. The van der Waals surface area contributed by atoms with Crippen LogP contribution in [-0.4, -0.2) is 52.1 Å². The number of halogens is 1. The second-order valence-corrected chi connectivity index (χ2v) is 5.89. The largest absolute Gasteiger partial charge is 0.383 e. The van der Waals surface area contributed by atoms with Gasteiger partial charge in [-0.1, -0.05) is 0 Å². The van der Waals surface area contributed by atoms with Crippen LogP contribution in [0.15, 0.2) is 30.9 Å². The third kappa shape index (κ3) is 3.46. The fraction of sp³-hybridized carbons (Fsp3) is 0.471. The maximum atomic E-state index is 13.7. The number of rotatable bonds is 5.